The van der Waals surface area contributed by atoms with Crippen LogP contribution in [0.5, 0.6) is 0 Å². The Hall–Kier alpha value is -0.830. The van der Waals surface area contributed by atoms with Gasteiger partial charge < -0.3 is 9.47 Å². The van der Waals surface area contributed by atoms with Crippen LogP contribution in [0.4, 0.5) is 0 Å². The van der Waals surface area contributed by atoms with E-state index in [1.165, 1.54) is 7.11 Å². The van der Waals surface area contributed by atoms with Crippen molar-refractivity contribution in [3.63, 3.8) is 0 Å². The molecule has 0 amide bonds. The topological polar surface area (TPSA) is 35.5 Å². The highest BCUT2D eigenvalue weighted by atomic mass is 16.5. The molecule has 72 valence electrons. The van der Waals surface area contributed by atoms with Crippen LogP contribution >= 0.6 is 0 Å². The fourth-order valence-electron chi connectivity index (χ4n) is 2.50. The summed E-state index contributed by atoms with van der Waals surface area (Å²) in [4.78, 5) is 11.4. The van der Waals surface area contributed by atoms with E-state index in [1.54, 1.807) is 7.11 Å². The number of carbonyl (C=O) groups is 1. The summed E-state index contributed by atoms with van der Waals surface area (Å²) < 4.78 is 10.2. The molecule has 2 bridgehead atoms. The first-order valence-corrected chi connectivity index (χ1v) is 4.54. The summed E-state index contributed by atoms with van der Waals surface area (Å²) in [6.07, 6.45) is 5.96. The van der Waals surface area contributed by atoms with Crippen LogP contribution in [0, 0.1) is 11.8 Å². The predicted molar refractivity (Wildman–Crippen MR) is 47.1 cm³/mol. The van der Waals surface area contributed by atoms with Gasteiger partial charge in [-0.1, -0.05) is 12.2 Å². The highest BCUT2D eigenvalue weighted by Crippen LogP contribution is 2.49. The van der Waals surface area contributed by atoms with Crippen molar-refractivity contribution < 1.29 is 14.3 Å². The van der Waals surface area contributed by atoms with Crippen molar-refractivity contribution in [1.82, 2.24) is 0 Å². The molecule has 1 fully saturated rings. The molecule has 2 aliphatic carbocycles. The quantitative estimate of drug-likeness (QED) is 0.474. The number of allylic oxidation sites excluding steroid dienone is 1. The van der Waals surface area contributed by atoms with E-state index in [9.17, 15) is 4.79 Å². The maximum absolute atomic E-state index is 11.4. The number of carbonyl (C=O) groups excluding carboxylic acids is 1. The SMILES string of the molecule is COC(=O)C1CC2C=CC1(OC)C2. The molecule has 0 radical (unpaired) electrons. The van der Waals surface area contributed by atoms with Crippen LogP contribution in [0.2, 0.25) is 0 Å². The molecule has 0 N–H and O–H groups in total. The number of hydrogen-bond donors (Lipinski definition) is 0. The molecular formula is C10H14O3. The molecular weight excluding hydrogens is 168 g/mol. The Labute approximate surface area is 77.7 Å². The van der Waals surface area contributed by atoms with E-state index in [4.69, 9.17) is 9.47 Å². The van der Waals surface area contributed by atoms with Crippen molar-refractivity contribution in [2.45, 2.75) is 18.4 Å². The Kier molecular flexibility index (Phi) is 1.91. The van der Waals surface area contributed by atoms with Gasteiger partial charge in [-0.2, -0.15) is 0 Å². The second kappa shape index (κ2) is 2.84. The zero-order valence-corrected chi connectivity index (χ0v) is 7.95. The lowest BCUT2D eigenvalue weighted by Gasteiger charge is -2.28. The van der Waals surface area contributed by atoms with E-state index in [-0.39, 0.29) is 17.5 Å². The monoisotopic (exact) mass is 182 g/mol. The summed E-state index contributed by atoms with van der Waals surface area (Å²) in [6.45, 7) is 0. The lowest BCUT2D eigenvalue weighted by Crippen LogP contribution is -2.38. The zero-order chi connectivity index (χ0) is 9.47. The first kappa shape index (κ1) is 8.75. The molecule has 3 heteroatoms. The van der Waals surface area contributed by atoms with Crippen LogP contribution in [-0.2, 0) is 14.3 Å². The highest BCUT2D eigenvalue weighted by molar-refractivity contribution is 5.75. The van der Waals surface area contributed by atoms with Gasteiger partial charge in [0.05, 0.1) is 18.6 Å². The van der Waals surface area contributed by atoms with Gasteiger partial charge in [0.15, 0.2) is 0 Å². The first-order valence-electron chi connectivity index (χ1n) is 4.54. The van der Waals surface area contributed by atoms with Gasteiger partial charge in [0.1, 0.15) is 0 Å². The third-order valence-corrected chi connectivity index (χ3v) is 3.23. The van der Waals surface area contributed by atoms with Crippen molar-refractivity contribution in [1.29, 1.82) is 0 Å². The zero-order valence-electron chi connectivity index (χ0n) is 7.95. The maximum Gasteiger partial charge on any atom is 0.311 e. The molecule has 13 heavy (non-hydrogen) atoms. The van der Waals surface area contributed by atoms with E-state index < -0.39 is 0 Å². The highest BCUT2D eigenvalue weighted by Gasteiger charge is 2.52. The molecule has 0 heterocycles. The van der Waals surface area contributed by atoms with Gasteiger partial charge in [0.25, 0.3) is 0 Å². The molecule has 1 saturated carbocycles. The Balaban J connectivity index is 2.23. The number of hydrogen-bond acceptors (Lipinski definition) is 3. The van der Waals surface area contributed by atoms with Gasteiger partial charge in [-0.25, -0.2) is 0 Å². The molecule has 0 aliphatic heterocycles. The van der Waals surface area contributed by atoms with Crippen molar-refractivity contribution in [2.24, 2.45) is 11.8 Å². The van der Waals surface area contributed by atoms with Crippen LogP contribution in [0.1, 0.15) is 12.8 Å². The van der Waals surface area contributed by atoms with Gasteiger partial charge >= 0.3 is 5.97 Å². The van der Waals surface area contributed by atoms with E-state index in [2.05, 4.69) is 6.08 Å². The molecule has 2 rings (SSSR count). The molecule has 3 nitrogen and oxygen atoms in total. The minimum Gasteiger partial charge on any atom is -0.469 e. The van der Waals surface area contributed by atoms with Crippen LogP contribution in [0.15, 0.2) is 12.2 Å². The number of esters is 1. The Bertz CT molecular complexity index is 259. The standard InChI is InChI=1S/C10H14O3/c1-12-9(11)8-5-7-3-4-10(8,6-7)13-2/h3-4,7-8H,5-6H2,1-2H3. The summed E-state index contributed by atoms with van der Waals surface area (Å²) in [5.41, 5.74) is -0.363. The molecule has 2 aliphatic rings. The maximum atomic E-state index is 11.4. The Morgan fingerprint density at radius 3 is 2.85 bits per heavy atom. The van der Waals surface area contributed by atoms with E-state index in [0.29, 0.717) is 5.92 Å². The van der Waals surface area contributed by atoms with Crippen LogP contribution < -0.4 is 0 Å². The Morgan fingerprint density at radius 1 is 1.54 bits per heavy atom. The smallest absolute Gasteiger partial charge is 0.311 e. The van der Waals surface area contributed by atoms with Crippen LogP contribution in [0.25, 0.3) is 0 Å². The molecule has 0 spiro atoms. The average molecular weight is 182 g/mol. The minimum atomic E-state index is -0.363. The van der Waals surface area contributed by atoms with Crippen molar-refractivity contribution in [3.8, 4) is 0 Å². The first-order chi connectivity index (χ1) is 6.22. The van der Waals surface area contributed by atoms with Gasteiger partial charge in [-0.05, 0) is 18.8 Å². The van der Waals surface area contributed by atoms with Crippen LogP contribution in [-0.4, -0.2) is 25.8 Å². The lowest BCUT2D eigenvalue weighted by atomic mass is 9.89. The lowest BCUT2D eigenvalue weighted by molar-refractivity contribution is -0.152. The summed E-state index contributed by atoms with van der Waals surface area (Å²) in [5.74, 6) is 0.259. The molecule has 0 aromatic carbocycles. The second-order valence-corrected chi connectivity index (χ2v) is 3.79. The largest absolute Gasteiger partial charge is 0.469 e. The van der Waals surface area contributed by atoms with E-state index in [1.807, 2.05) is 6.08 Å². The average Bonchev–Trinajstić information content (AvgIpc) is 2.74. The number of ether oxygens (including phenoxy) is 2. The number of methoxy groups -OCH3 is 2. The fourth-order valence-corrected chi connectivity index (χ4v) is 2.50. The third kappa shape index (κ3) is 1.10. The molecule has 3 unspecified atom stereocenters. The summed E-state index contributed by atoms with van der Waals surface area (Å²) in [7, 11) is 3.09. The van der Waals surface area contributed by atoms with Gasteiger partial charge in [-0.3, -0.25) is 4.79 Å². The number of rotatable bonds is 2. The summed E-state index contributed by atoms with van der Waals surface area (Å²) in [6, 6.07) is 0. The normalized spacial score (nSPS) is 41.1. The molecule has 3 atom stereocenters. The van der Waals surface area contributed by atoms with Crippen molar-refractivity contribution >= 4 is 5.97 Å². The fraction of sp³-hybridized carbons (Fsp3) is 0.700. The minimum absolute atomic E-state index is 0.0995. The third-order valence-electron chi connectivity index (χ3n) is 3.23. The van der Waals surface area contributed by atoms with Gasteiger partial charge in [0, 0.05) is 7.11 Å². The van der Waals surface area contributed by atoms with Crippen molar-refractivity contribution in [3.05, 3.63) is 12.2 Å². The molecule has 0 aromatic heterocycles. The van der Waals surface area contributed by atoms with E-state index >= 15 is 0 Å². The van der Waals surface area contributed by atoms with Gasteiger partial charge in [0.2, 0.25) is 0 Å². The predicted octanol–water partition coefficient (Wildman–Crippen LogP) is 1.14. The molecule has 0 aromatic rings. The molecule has 0 saturated heterocycles. The summed E-state index contributed by atoms with van der Waals surface area (Å²) in [5, 5.41) is 0. The number of fused-ring (bicyclic) bond motifs is 2. The van der Waals surface area contributed by atoms with Gasteiger partial charge in [-0.15, -0.1) is 0 Å². The summed E-state index contributed by atoms with van der Waals surface area (Å²) >= 11 is 0. The van der Waals surface area contributed by atoms with E-state index in [0.717, 1.165) is 12.8 Å². The van der Waals surface area contributed by atoms with Crippen LogP contribution in [0.3, 0.4) is 0 Å². The Morgan fingerprint density at radius 2 is 2.31 bits per heavy atom. The second-order valence-electron chi connectivity index (χ2n) is 3.79. The van der Waals surface area contributed by atoms with Crippen molar-refractivity contribution in [2.75, 3.05) is 14.2 Å².